The van der Waals surface area contributed by atoms with E-state index in [-0.39, 0.29) is 5.60 Å². The fourth-order valence-electron chi connectivity index (χ4n) is 1.23. The van der Waals surface area contributed by atoms with Crippen LogP contribution in [0.5, 0.6) is 0 Å². The highest BCUT2D eigenvalue weighted by atomic mass is 35.5. The largest absolute Gasteiger partial charge is 0.383 e. The predicted molar refractivity (Wildman–Crippen MR) is 62.1 cm³/mol. The van der Waals surface area contributed by atoms with Crippen LogP contribution in [0.4, 0.5) is 5.82 Å². The highest BCUT2D eigenvalue weighted by molar-refractivity contribution is 6.33. The average Bonchev–Trinajstić information content (AvgIpc) is 2.43. The van der Waals surface area contributed by atoms with Gasteiger partial charge in [0.25, 0.3) is 0 Å². The number of ether oxygens (including phenoxy) is 1. The molecule has 0 saturated heterocycles. The predicted octanol–water partition coefficient (Wildman–Crippen LogP) is 2.24. The summed E-state index contributed by atoms with van der Waals surface area (Å²) in [6, 6.07) is 0. The Hall–Kier alpha value is -0.740. The minimum Gasteiger partial charge on any atom is -0.383 e. The Morgan fingerprint density at radius 2 is 2.13 bits per heavy atom. The van der Waals surface area contributed by atoms with Gasteiger partial charge in [-0.1, -0.05) is 11.6 Å². The van der Waals surface area contributed by atoms with E-state index in [1.807, 2.05) is 20.8 Å². The van der Waals surface area contributed by atoms with Gasteiger partial charge in [0.15, 0.2) is 0 Å². The Balaban J connectivity index is 2.70. The monoisotopic (exact) mass is 231 g/mol. The molecule has 15 heavy (non-hydrogen) atoms. The van der Waals surface area contributed by atoms with Crippen LogP contribution < -0.4 is 5.73 Å². The molecule has 0 fully saturated rings. The normalized spacial score (nSPS) is 12.1. The third-order valence-electron chi connectivity index (χ3n) is 2.57. The van der Waals surface area contributed by atoms with Crippen molar-refractivity contribution in [2.75, 3.05) is 12.8 Å². The molecule has 0 aliphatic rings. The molecule has 4 nitrogen and oxygen atoms in total. The van der Waals surface area contributed by atoms with Crippen LogP contribution in [0.3, 0.4) is 0 Å². The number of hydrogen-bond donors (Lipinski definition) is 1. The highest BCUT2D eigenvalue weighted by Gasteiger charge is 2.18. The molecule has 5 heteroatoms. The lowest BCUT2D eigenvalue weighted by atomic mass is 10.1. The number of nitrogen functional groups attached to an aromatic ring is 1. The van der Waals surface area contributed by atoms with Gasteiger partial charge in [0.05, 0.1) is 11.3 Å². The Labute approximate surface area is 95.3 Å². The molecule has 0 bridgehead atoms. The van der Waals surface area contributed by atoms with Crippen molar-refractivity contribution in [2.24, 2.45) is 0 Å². The Morgan fingerprint density at radius 3 is 2.53 bits per heavy atom. The molecular formula is C10H18ClN3O. The zero-order valence-corrected chi connectivity index (χ0v) is 10.4. The van der Waals surface area contributed by atoms with Gasteiger partial charge in [0.1, 0.15) is 10.8 Å². The Morgan fingerprint density at radius 1 is 1.53 bits per heavy atom. The van der Waals surface area contributed by atoms with E-state index in [2.05, 4.69) is 5.10 Å². The van der Waals surface area contributed by atoms with E-state index >= 15 is 0 Å². The zero-order valence-electron chi connectivity index (χ0n) is 9.67. The number of aromatic nitrogens is 2. The molecule has 2 N–H and O–H groups in total. The molecule has 0 aliphatic carbocycles. The number of methoxy groups -OCH3 is 1. The van der Waals surface area contributed by atoms with Gasteiger partial charge in [-0.25, -0.2) is 4.68 Å². The Kier molecular flexibility index (Phi) is 3.62. The fraction of sp³-hybridized carbons (Fsp3) is 0.700. The molecule has 1 heterocycles. The molecule has 0 aliphatic heterocycles. The molecule has 86 valence electrons. The van der Waals surface area contributed by atoms with Crippen LogP contribution in [0, 0.1) is 6.92 Å². The van der Waals surface area contributed by atoms with Gasteiger partial charge in [-0.15, -0.1) is 0 Å². The molecule has 0 spiro atoms. The van der Waals surface area contributed by atoms with E-state index in [0.29, 0.717) is 17.4 Å². The van der Waals surface area contributed by atoms with Gasteiger partial charge in [0.2, 0.25) is 0 Å². The fourth-order valence-corrected chi connectivity index (χ4v) is 1.36. The maximum Gasteiger partial charge on any atom is 0.140 e. The first-order chi connectivity index (χ1) is 6.87. The molecule has 0 amide bonds. The summed E-state index contributed by atoms with van der Waals surface area (Å²) in [6.45, 7) is 6.61. The van der Waals surface area contributed by atoms with Crippen molar-refractivity contribution in [2.45, 2.75) is 39.3 Å². The average molecular weight is 232 g/mol. The SMILES string of the molecule is COC(C)(C)CCn1nc(C)c(Cl)c1N. The number of anilines is 1. The number of nitrogens with two attached hydrogens (primary N) is 1. The summed E-state index contributed by atoms with van der Waals surface area (Å²) in [5, 5.41) is 4.80. The molecule has 0 radical (unpaired) electrons. The smallest absolute Gasteiger partial charge is 0.140 e. The lowest BCUT2D eigenvalue weighted by molar-refractivity contribution is 0.0114. The van der Waals surface area contributed by atoms with Gasteiger partial charge >= 0.3 is 0 Å². The number of aryl methyl sites for hydroxylation is 2. The van der Waals surface area contributed by atoms with E-state index < -0.39 is 0 Å². The summed E-state index contributed by atoms with van der Waals surface area (Å²) in [6.07, 6.45) is 0.838. The third-order valence-corrected chi connectivity index (χ3v) is 3.04. The maximum atomic E-state index is 5.94. The zero-order chi connectivity index (χ0) is 11.6. The van der Waals surface area contributed by atoms with E-state index in [9.17, 15) is 0 Å². The highest BCUT2D eigenvalue weighted by Crippen LogP contribution is 2.23. The van der Waals surface area contributed by atoms with Crippen LogP contribution in [0.2, 0.25) is 5.02 Å². The van der Waals surface area contributed by atoms with E-state index in [1.165, 1.54) is 0 Å². The van der Waals surface area contributed by atoms with Crippen molar-refractivity contribution in [3.63, 3.8) is 0 Å². The van der Waals surface area contributed by atoms with Crippen LogP contribution >= 0.6 is 11.6 Å². The van der Waals surface area contributed by atoms with Crippen molar-refractivity contribution in [3.8, 4) is 0 Å². The molecule has 0 atom stereocenters. The van der Waals surface area contributed by atoms with Gasteiger partial charge < -0.3 is 10.5 Å². The van der Waals surface area contributed by atoms with Crippen molar-refractivity contribution < 1.29 is 4.74 Å². The number of hydrogen-bond acceptors (Lipinski definition) is 3. The lowest BCUT2D eigenvalue weighted by Crippen LogP contribution is -2.25. The minimum atomic E-state index is -0.168. The topological polar surface area (TPSA) is 53.1 Å². The molecule has 0 aromatic carbocycles. The first kappa shape index (κ1) is 12.3. The lowest BCUT2D eigenvalue weighted by Gasteiger charge is -2.22. The van der Waals surface area contributed by atoms with Gasteiger partial charge in [0, 0.05) is 13.7 Å². The quantitative estimate of drug-likeness (QED) is 0.865. The van der Waals surface area contributed by atoms with Crippen molar-refractivity contribution in [1.82, 2.24) is 9.78 Å². The van der Waals surface area contributed by atoms with E-state index in [4.69, 9.17) is 22.1 Å². The first-order valence-electron chi connectivity index (χ1n) is 4.91. The second-order valence-corrected chi connectivity index (χ2v) is 4.60. The van der Waals surface area contributed by atoms with E-state index in [1.54, 1.807) is 11.8 Å². The minimum absolute atomic E-state index is 0.168. The Bertz CT molecular complexity index is 347. The number of rotatable bonds is 4. The number of nitrogens with zero attached hydrogens (tertiary/aromatic N) is 2. The van der Waals surface area contributed by atoms with Gasteiger partial charge in [-0.05, 0) is 27.2 Å². The third kappa shape index (κ3) is 2.86. The van der Waals surface area contributed by atoms with Gasteiger partial charge in [-0.3, -0.25) is 0 Å². The van der Waals surface area contributed by atoms with Crippen molar-refractivity contribution >= 4 is 17.4 Å². The standard InChI is InChI=1S/C10H18ClN3O/c1-7-8(11)9(12)14(13-7)6-5-10(2,3)15-4/h5-6,12H2,1-4H3. The van der Waals surface area contributed by atoms with Crippen molar-refractivity contribution in [1.29, 1.82) is 0 Å². The summed E-state index contributed by atoms with van der Waals surface area (Å²) >= 11 is 5.94. The molecule has 0 unspecified atom stereocenters. The first-order valence-corrected chi connectivity index (χ1v) is 5.28. The van der Waals surface area contributed by atoms with E-state index in [0.717, 1.165) is 12.1 Å². The van der Waals surface area contributed by atoms with Crippen LogP contribution in [0.25, 0.3) is 0 Å². The maximum absolute atomic E-state index is 5.94. The van der Waals surface area contributed by atoms with Crippen LogP contribution in [-0.2, 0) is 11.3 Å². The summed E-state index contributed by atoms with van der Waals surface area (Å²) in [5.41, 5.74) is 6.40. The van der Waals surface area contributed by atoms with Crippen LogP contribution in [0.1, 0.15) is 26.0 Å². The van der Waals surface area contributed by atoms with Crippen molar-refractivity contribution in [3.05, 3.63) is 10.7 Å². The summed E-state index contributed by atoms with van der Waals surface area (Å²) in [5.74, 6) is 0.529. The summed E-state index contributed by atoms with van der Waals surface area (Å²) in [7, 11) is 1.70. The molecular weight excluding hydrogens is 214 g/mol. The molecule has 0 saturated carbocycles. The second-order valence-electron chi connectivity index (χ2n) is 4.22. The number of halogens is 1. The van der Waals surface area contributed by atoms with Gasteiger partial charge in [-0.2, -0.15) is 5.10 Å². The summed E-state index contributed by atoms with van der Waals surface area (Å²) in [4.78, 5) is 0. The molecule has 1 aromatic heterocycles. The summed E-state index contributed by atoms with van der Waals surface area (Å²) < 4.78 is 7.04. The molecule has 1 rings (SSSR count). The molecule has 1 aromatic rings. The second kappa shape index (κ2) is 4.41. The van der Waals surface area contributed by atoms with Crippen LogP contribution in [-0.4, -0.2) is 22.5 Å². The van der Waals surface area contributed by atoms with Crippen LogP contribution in [0.15, 0.2) is 0 Å².